The lowest BCUT2D eigenvalue weighted by Gasteiger charge is -2.20. The van der Waals surface area contributed by atoms with E-state index < -0.39 is 0 Å². The first-order chi connectivity index (χ1) is 16.5. The molecule has 5 rings (SSSR count). The van der Waals surface area contributed by atoms with Gasteiger partial charge >= 0.3 is 0 Å². The van der Waals surface area contributed by atoms with Gasteiger partial charge in [0.2, 0.25) is 5.95 Å². The van der Waals surface area contributed by atoms with Gasteiger partial charge in [-0.2, -0.15) is 4.98 Å². The quantitative estimate of drug-likeness (QED) is 0.454. The van der Waals surface area contributed by atoms with Crippen molar-refractivity contribution in [1.29, 1.82) is 0 Å². The van der Waals surface area contributed by atoms with Crippen LogP contribution < -0.4 is 15.5 Å². The fraction of sp³-hybridized carbons (Fsp3) is 0.320. The number of carbonyl (C=O) groups excluding carboxylic acids is 1. The molecule has 1 aromatic heterocycles. The van der Waals surface area contributed by atoms with Crippen LogP contribution in [0.3, 0.4) is 0 Å². The molecule has 2 aromatic carbocycles. The second-order valence-corrected chi connectivity index (χ2v) is 9.25. The molecule has 2 aliphatic rings. The lowest BCUT2D eigenvalue weighted by molar-refractivity contribution is 0.0951. The van der Waals surface area contributed by atoms with Crippen molar-refractivity contribution in [3.8, 4) is 0 Å². The van der Waals surface area contributed by atoms with Crippen LogP contribution in [0, 0.1) is 17.7 Å². The molecule has 9 heteroatoms. The number of nitrogens with one attached hydrogen (secondary N) is 2. The van der Waals surface area contributed by atoms with Crippen molar-refractivity contribution in [1.82, 2.24) is 15.3 Å². The van der Waals surface area contributed by atoms with E-state index in [2.05, 4.69) is 25.5 Å². The fourth-order valence-electron chi connectivity index (χ4n) is 4.28. The first-order valence-electron chi connectivity index (χ1n) is 11.3. The van der Waals surface area contributed by atoms with Gasteiger partial charge in [-0.1, -0.05) is 35.9 Å². The molecule has 0 radical (unpaired) electrons. The zero-order valence-electron chi connectivity index (χ0n) is 18.5. The second-order valence-electron chi connectivity index (χ2n) is 8.84. The lowest BCUT2D eigenvalue weighted by atomic mass is 10.1. The largest absolute Gasteiger partial charge is 0.392 e. The van der Waals surface area contributed by atoms with Crippen LogP contribution >= 0.6 is 11.6 Å². The Morgan fingerprint density at radius 1 is 1.12 bits per heavy atom. The molecular weight excluding hydrogens is 457 g/mol. The highest BCUT2D eigenvalue weighted by atomic mass is 35.5. The van der Waals surface area contributed by atoms with Crippen LogP contribution in [0.2, 0.25) is 5.02 Å². The Morgan fingerprint density at radius 2 is 1.85 bits per heavy atom. The molecule has 176 valence electrons. The van der Waals surface area contributed by atoms with Crippen molar-refractivity contribution in [2.45, 2.75) is 26.1 Å². The number of amides is 1. The summed E-state index contributed by atoms with van der Waals surface area (Å²) >= 11 is 6.22. The van der Waals surface area contributed by atoms with E-state index in [0.717, 1.165) is 36.1 Å². The van der Waals surface area contributed by atoms with Crippen molar-refractivity contribution >= 4 is 29.3 Å². The summed E-state index contributed by atoms with van der Waals surface area (Å²) in [7, 11) is 0. The van der Waals surface area contributed by atoms with Crippen LogP contribution in [0.4, 0.5) is 16.2 Å². The number of anilines is 2. The first kappa shape index (κ1) is 22.6. The molecule has 0 spiro atoms. The smallest absolute Gasteiger partial charge is 0.256 e. The number of carbonyl (C=O) groups is 1. The summed E-state index contributed by atoms with van der Waals surface area (Å²) in [6.45, 7) is 2.41. The molecule has 34 heavy (non-hydrogen) atoms. The molecule has 3 aromatic rings. The third-order valence-corrected chi connectivity index (χ3v) is 6.75. The van der Waals surface area contributed by atoms with Crippen LogP contribution in [0.1, 0.15) is 33.5 Å². The molecule has 3 N–H and O–H groups in total. The highest BCUT2D eigenvalue weighted by molar-refractivity contribution is 6.31. The van der Waals surface area contributed by atoms with E-state index in [1.165, 1.54) is 18.6 Å². The minimum absolute atomic E-state index is 0.127. The van der Waals surface area contributed by atoms with Gasteiger partial charge in [-0.15, -0.1) is 0 Å². The Hall–Kier alpha value is -3.23. The Balaban J connectivity index is 1.34. The molecule has 1 saturated heterocycles. The second kappa shape index (κ2) is 9.56. The van der Waals surface area contributed by atoms with Gasteiger partial charge in [0.1, 0.15) is 17.2 Å². The number of hydrogen-bond acceptors (Lipinski definition) is 6. The number of nitrogens with zero attached hydrogens (tertiary/aromatic N) is 3. The number of halogens is 2. The summed E-state index contributed by atoms with van der Waals surface area (Å²) < 4.78 is 13.2. The Kier molecular flexibility index (Phi) is 6.34. The van der Waals surface area contributed by atoms with Crippen LogP contribution in [0.15, 0.2) is 48.7 Å². The molecule has 1 saturated carbocycles. The standard InChI is InChI=1S/C25H25ClFN5O2/c26-22-7-16(1-4-17(22)14-33)10-28-23-21(24(34)29-9-15-2-5-20(27)6-3-15)11-30-25(31-23)32-12-18-8-19(18)13-32/h1-7,11,18-19,33H,8-10,12-14H2,(H,29,34)(H,28,30,31). The first-order valence-corrected chi connectivity index (χ1v) is 11.6. The molecule has 1 aliphatic heterocycles. The maximum atomic E-state index is 13.2. The van der Waals surface area contributed by atoms with Crippen LogP contribution in [-0.2, 0) is 19.7 Å². The van der Waals surface area contributed by atoms with Crippen molar-refractivity contribution in [3.05, 3.63) is 81.8 Å². The Bertz CT molecular complexity index is 1200. The number of aromatic nitrogens is 2. The zero-order valence-corrected chi connectivity index (χ0v) is 19.2. The fourth-order valence-corrected chi connectivity index (χ4v) is 4.54. The Labute approximate surface area is 202 Å². The van der Waals surface area contributed by atoms with E-state index in [9.17, 15) is 14.3 Å². The molecule has 2 unspecified atom stereocenters. The molecule has 1 aliphatic carbocycles. The molecule has 2 heterocycles. The average Bonchev–Trinajstić information content (AvgIpc) is 3.46. The number of benzene rings is 2. The maximum absolute atomic E-state index is 13.2. The molecule has 1 amide bonds. The van der Waals surface area contributed by atoms with E-state index in [-0.39, 0.29) is 24.9 Å². The van der Waals surface area contributed by atoms with Gasteiger partial charge < -0.3 is 20.6 Å². The van der Waals surface area contributed by atoms with E-state index in [0.29, 0.717) is 34.5 Å². The van der Waals surface area contributed by atoms with Crippen molar-refractivity contribution in [3.63, 3.8) is 0 Å². The highest BCUT2D eigenvalue weighted by Gasteiger charge is 2.45. The number of rotatable bonds is 8. The molecular formula is C25H25ClFN5O2. The summed E-state index contributed by atoms with van der Waals surface area (Å²) in [4.78, 5) is 24.3. The number of piperidine rings is 1. The summed E-state index contributed by atoms with van der Waals surface area (Å²) in [5.74, 6) is 1.85. The predicted molar refractivity (Wildman–Crippen MR) is 128 cm³/mol. The molecule has 2 fully saturated rings. The molecule has 2 atom stereocenters. The minimum Gasteiger partial charge on any atom is -0.392 e. The highest BCUT2D eigenvalue weighted by Crippen LogP contribution is 2.45. The van der Waals surface area contributed by atoms with Gasteiger partial charge in [0.05, 0.1) is 6.61 Å². The van der Waals surface area contributed by atoms with Crippen molar-refractivity contribution in [2.24, 2.45) is 11.8 Å². The lowest BCUT2D eigenvalue weighted by Crippen LogP contribution is -2.27. The monoisotopic (exact) mass is 481 g/mol. The van der Waals surface area contributed by atoms with Crippen molar-refractivity contribution in [2.75, 3.05) is 23.3 Å². The minimum atomic E-state index is -0.323. The van der Waals surface area contributed by atoms with Gasteiger partial charge in [-0.25, -0.2) is 9.37 Å². The van der Waals surface area contributed by atoms with Gasteiger partial charge in [-0.3, -0.25) is 4.79 Å². The van der Waals surface area contributed by atoms with Gasteiger partial charge in [0.15, 0.2) is 0 Å². The average molecular weight is 482 g/mol. The normalized spacial score (nSPS) is 18.5. The molecule has 7 nitrogen and oxygen atoms in total. The zero-order chi connectivity index (χ0) is 23.7. The number of hydrogen-bond donors (Lipinski definition) is 3. The molecule has 0 bridgehead atoms. The van der Waals surface area contributed by atoms with E-state index in [4.69, 9.17) is 11.6 Å². The van der Waals surface area contributed by atoms with Gasteiger partial charge in [-0.05, 0) is 53.1 Å². The number of fused-ring (bicyclic) bond motifs is 1. The SMILES string of the molecule is O=C(NCc1ccc(F)cc1)c1cnc(N2CC3CC3C2)nc1NCc1ccc(CO)c(Cl)c1. The summed E-state index contributed by atoms with van der Waals surface area (Å²) in [5.41, 5.74) is 2.66. The van der Waals surface area contributed by atoms with E-state index in [1.54, 1.807) is 30.5 Å². The Morgan fingerprint density at radius 3 is 2.56 bits per heavy atom. The number of aliphatic hydroxyl groups excluding tert-OH is 1. The summed E-state index contributed by atoms with van der Waals surface area (Å²) in [6, 6.07) is 11.4. The predicted octanol–water partition coefficient (Wildman–Crippen LogP) is 3.76. The van der Waals surface area contributed by atoms with Gasteiger partial charge in [0.25, 0.3) is 5.91 Å². The van der Waals surface area contributed by atoms with Crippen LogP contribution in [-0.4, -0.2) is 34.1 Å². The van der Waals surface area contributed by atoms with E-state index in [1.807, 2.05) is 6.07 Å². The van der Waals surface area contributed by atoms with Crippen LogP contribution in [0.25, 0.3) is 0 Å². The van der Waals surface area contributed by atoms with Crippen molar-refractivity contribution < 1.29 is 14.3 Å². The van der Waals surface area contributed by atoms with E-state index >= 15 is 0 Å². The third-order valence-electron chi connectivity index (χ3n) is 6.40. The summed E-state index contributed by atoms with van der Waals surface area (Å²) in [5, 5.41) is 15.9. The third kappa shape index (κ3) is 4.98. The summed E-state index contributed by atoms with van der Waals surface area (Å²) in [6.07, 6.45) is 2.83. The topological polar surface area (TPSA) is 90.4 Å². The van der Waals surface area contributed by atoms with Crippen LogP contribution in [0.5, 0.6) is 0 Å². The number of aliphatic hydroxyl groups is 1. The van der Waals surface area contributed by atoms with Gasteiger partial charge in [0, 0.05) is 37.4 Å². The maximum Gasteiger partial charge on any atom is 0.256 e.